The Labute approximate surface area is 169 Å². The number of anilines is 1. The second-order valence-electron chi connectivity index (χ2n) is 6.01. The summed E-state index contributed by atoms with van der Waals surface area (Å²) in [6, 6.07) is 21.1. The quantitative estimate of drug-likeness (QED) is 0.573. The minimum atomic E-state index is -3.79. The summed E-state index contributed by atoms with van der Waals surface area (Å²) in [4.78, 5) is 0.0497. The summed E-state index contributed by atoms with van der Waals surface area (Å²) in [6.07, 6.45) is 0.765. The third kappa shape index (κ3) is 5.18. The maximum atomic E-state index is 12.6. The van der Waals surface area contributed by atoms with Gasteiger partial charge in [0.15, 0.2) is 0 Å². The predicted molar refractivity (Wildman–Crippen MR) is 111 cm³/mol. The zero-order valence-corrected chi connectivity index (χ0v) is 16.8. The average Bonchev–Trinajstić information content (AvgIpc) is 2.69. The summed E-state index contributed by atoms with van der Waals surface area (Å²) >= 11 is 6.03. The molecule has 0 aliphatic heterocycles. The van der Waals surface area contributed by atoms with E-state index in [0.29, 0.717) is 23.8 Å². The van der Waals surface area contributed by atoms with Gasteiger partial charge in [-0.3, -0.25) is 4.72 Å². The molecule has 5 nitrogen and oxygen atoms in total. The van der Waals surface area contributed by atoms with Gasteiger partial charge in [-0.2, -0.15) is 0 Å². The molecule has 3 aromatic rings. The molecule has 0 heterocycles. The van der Waals surface area contributed by atoms with E-state index in [2.05, 4.69) is 4.72 Å². The molecule has 0 radical (unpaired) electrons. The van der Waals surface area contributed by atoms with Gasteiger partial charge < -0.3 is 9.47 Å². The van der Waals surface area contributed by atoms with Gasteiger partial charge in [0.25, 0.3) is 10.0 Å². The summed E-state index contributed by atoms with van der Waals surface area (Å²) in [5, 5.41) is 0.225. The van der Waals surface area contributed by atoms with E-state index in [0.717, 1.165) is 6.42 Å². The first-order chi connectivity index (χ1) is 13.5. The van der Waals surface area contributed by atoms with Crippen LogP contribution in [0.15, 0.2) is 77.7 Å². The molecule has 0 aliphatic carbocycles. The number of halogens is 1. The van der Waals surface area contributed by atoms with E-state index in [9.17, 15) is 8.42 Å². The minimum absolute atomic E-state index is 0.0497. The number of benzene rings is 3. The minimum Gasteiger partial charge on any atom is -0.495 e. The highest BCUT2D eigenvalue weighted by atomic mass is 35.5. The number of hydrogen-bond donors (Lipinski definition) is 1. The van der Waals surface area contributed by atoms with Crippen molar-refractivity contribution >= 4 is 27.3 Å². The second-order valence-corrected chi connectivity index (χ2v) is 8.10. The lowest BCUT2D eigenvalue weighted by Gasteiger charge is -2.12. The second kappa shape index (κ2) is 8.99. The van der Waals surface area contributed by atoms with E-state index < -0.39 is 10.0 Å². The molecule has 3 rings (SSSR count). The zero-order valence-electron chi connectivity index (χ0n) is 15.3. The molecule has 0 atom stereocenters. The molecular weight excluding hydrogens is 398 g/mol. The molecule has 0 saturated carbocycles. The highest BCUT2D eigenvalue weighted by molar-refractivity contribution is 7.92. The summed E-state index contributed by atoms with van der Waals surface area (Å²) in [6.45, 7) is 0.494. The first-order valence-electron chi connectivity index (χ1n) is 8.61. The van der Waals surface area contributed by atoms with E-state index in [4.69, 9.17) is 21.1 Å². The van der Waals surface area contributed by atoms with Crippen LogP contribution in [0, 0.1) is 0 Å². The largest absolute Gasteiger partial charge is 0.495 e. The molecule has 7 heteroatoms. The first kappa shape index (κ1) is 20.0. The van der Waals surface area contributed by atoms with Gasteiger partial charge in [0, 0.05) is 12.5 Å². The van der Waals surface area contributed by atoms with E-state index >= 15 is 0 Å². The molecule has 28 heavy (non-hydrogen) atoms. The number of hydrogen-bond acceptors (Lipinski definition) is 4. The lowest BCUT2D eigenvalue weighted by Crippen LogP contribution is -2.13. The molecule has 0 spiro atoms. The van der Waals surface area contributed by atoms with Crippen molar-refractivity contribution in [2.45, 2.75) is 11.3 Å². The molecule has 0 aromatic heterocycles. The summed E-state index contributed by atoms with van der Waals surface area (Å²) < 4.78 is 38.6. The number of methoxy groups -OCH3 is 1. The maximum Gasteiger partial charge on any atom is 0.261 e. The zero-order chi connectivity index (χ0) is 20.0. The fourth-order valence-electron chi connectivity index (χ4n) is 2.61. The van der Waals surface area contributed by atoms with Gasteiger partial charge >= 0.3 is 0 Å². The Kier molecular flexibility index (Phi) is 6.44. The SMILES string of the molecule is COc1ccc(S(=O)(=O)Nc2cccc(OCCc3ccccc3)c2)cc1Cl. The van der Waals surface area contributed by atoms with E-state index in [1.54, 1.807) is 24.3 Å². The molecule has 0 aliphatic rings. The molecule has 3 aromatic carbocycles. The fourth-order valence-corrected chi connectivity index (χ4v) is 4.01. The van der Waals surface area contributed by atoms with E-state index in [-0.39, 0.29) is 9.92 Å². The number of nitrogens with one attached hydrogen (secondary N) is 1. The Bertz CT molecular complexity index is 1040. The normalized spacial score (nSPS) is 11.1. The maximum absolute atomic E-state index is 12.6. The lowest BCUT2D eigenvalue weighted by atomic mass is 10.2. The predicted octanol–water partition coefficient (Wildman–Crippen LogP) is 4.77. The van der Waals surface area contributed by atoms with Gasteiger partial charge in [-0.15, -0.1) is 0 Å². The van der Waals surface area contributed by atoms with E-state index in [1.165, 1.54) is 30.9 Å². The van der Waals surface area contributed by atoms with Crippen LogP contribution in [-0.2, 0) is 16.4 Å². The van der Waals surface area contributed by atoms with Crippen molar-refractivity contribution in [2.24, 2.45) is 0 Å². The topological polar surface area (TPSA) is 64.6 Å². The molecule has 146 valence electrons. The van der Waals surface area contributed by atoms with Crippen molar-refractivity contribution < 1.29 is 17.9 Å². The van der Waals surface area contributed by atoms with Crippen LogP contribution in [0.5, 0.6) is 11.5 Å². The molecule has 0 unspecified atom stereocenters. The van der Waals surface area contributed by atoms with Crippen LogP contribution in [-0.4, -0.2) is 22.1 Å². The highest BCUT2D eigenvalue weighted by Gasteiger charge is 2.16. The third-order valence-corrected chi connectivity index (χ3v) is 5.70. The van der Waals surface area contributed by atoms with Gasteiger partial charge in [-0.05, 0) is 35.9 Å². The Hall–Kier alpha value is -2.70. The van der Waals surface area contributed by atoms with Gasteiger partial charge in [0.05, 0.1) is 29.3 Å². The molecule has 1 N–H and O–H groups in total. The van der Waals surface area contributed by atoms with Gasteiger partial charge in [0.2, 0.25) is 0 Å². The van der Waals surface area contributed by atoms with Crippen LogP contribution < -0.4 is 14.2 Å². The smallest absolute Gasteiger partial charge is 0.261 e. The van der Waals surface area contributed by atoms with Crippen molar-refractivity contribution in [3.05, 3.63) is 83.4 Å². The number of ether oxygens (including phenoxy) is 2. The van der Waals surface area contributed by atoms with Gasteiger partial charge in [0.1, 0.15) is 11.5 Å². The van der Waals surface area contributed by atoms with Crippen molar-refractivity contribution in [3.63, 3.8) is 0 Å². The number of rotatable bonds is 8. The lowest BCUT2D eigenvalue weighted by molar-refractivity contribution is 0.322. The van der Waals surface area contributed by atoms with Crippen molar-refractivity contribution in [1.29, 1.82) is 0 Å². The van der Waals surface area contributed by atoms with Gasteiger partial charge in [-0.1, -0.05) is 48.0 Å². The van der Waals surface area contributed by atoms with Crippen LogP contribution >= 0.6 is 11.6 Å². The molecule has 0 amide bonds. The standard InChI is InChI=1S/C21H20ClNO4S/c1-26-21-11-10-19(15-20(21)22)28(24,25)23-17-8-5-9-18(14-17)27-13-12-16-6-3-2-4-7-16/h2-11,14-15,23H,12-13H2,1H3. The Morgan fingerprint density at radius 3 is 2.46 bits per heavy atom. The van der Waals surface area contributed by atoms with Crippen LogP contribution in [0.2, 0.25) is 5.02 Å². The van der Waals surface area contributed by atoms with Crippen LogP contribution in [0.4, 0.5) is 5.69 Å². The van der Waals surface area contributed by atoms with Crippen LogP contribution in [0.25, 0.3) is 0 Å². The van der Waals surface area contributed by atoms with Crippen LogP contribution in [0.3, 0.4) is 0 Å². The third-order valence-electron chi connectivity index (χ3n) is 4.02. The molecule has 0 bridgehead atoms. The summed E-state index contributed by atoms with van der Waals surface area (Å²) in [7, 11) is -2.32. The monoisotopic (exact) mass is 417 g/mol. The Morgan fingerprint density at radius 2 is 1.75 bits per heavy atom. The number of sulfonamides is 1. The van der Waals surface area contributed by atoms with Crippen molar-refractivity contribution in [1.82, 2.24) is 0 Å². The van der Waals surface area contributed by atoms with Gasteiger partial charge in [-0.25, -0.2) is 8.42 Å². The highest BCUT2D eigenvalue weighted by Crippen LogP contribution is 2.28. The van der Waals surface area contributed by atoms with Crippen molar-refractivity contribution in [2.75, 3.05) is 18.4 Å². The fraction of sp³-hybridized carbons (Fsp3) is 0.143. The average molecular weight is 418 g/mol. The molecule has 0 fully saturated rings. The van der Waals surface area contributed by atoms with Crippen LogP contribution in [0.1, 0.15) is 5.56 Å². The molecule has 0 saturated heterocycles. The first-order valence-corrected chi connectivity index (χ1v) is 10.5. The Morgan fingerprint density at radius 1 is 0.964 bits per heavy atom. The summed E-state index contributed by atoms with van der Waals surface area (Å²) in [5.74, 6) is 0.998. The summed E-state index contributed by atoms with van der Waals surface area (Å²) in [5.41, 5.74) is 1.58. The van der Waals surface area contributed by atoms with E-state index in [1.807, 2.05) is 30.3 Å². The van der Waals surface area contributed by atoms with Crippen molar-refractivity contribution in [3.8, 4) is 11.5 Å². The molecular formula is C21H20ClNO4S. The Balaban J connectivity index is 1.67.